The van der Waals surface area contributed by atoms with Crippen LogP contribution in [0.3, 0.4) is 0 Å². The number of rotatable bonds is 3. The molecular formula is C22H23NO3. The summed E-state index contributed by atoms with van der Waals surface area (Å²) >= 11 is 0. The number of aliphatic carboxylic acids is 1. The van der Waals surface area contributed by atoms with Crippen molar-refractivity contribution >= 4 is 5.97 Å². The van der Waals surface area contributed by atoms with Gasteiger partial charge in [-0.05, 0) is 41.7 Å². The van der Waals surface area contributed by atoms with Gasteiger partial charge < -0.3 is 15.2 Å². The van der Waals surface area contributed by atoms with E-state index in [2.05, 4.69) is 41.7 Å². The lowest BCUT2D eigenvalue weighted by molar-refractivity contribution is -0.157. The van der Waals surface area contributed by atoms with Gasteiger partial charge in [0.2, 0.25) is 0 Å². The van der Waals surface area contributed by atoms with E-state index in [4.69, 9.17) is 4.74 Å². The summed E-state index contributed by atoms with van der Waals surface area (Å²) in [6.45, 7) is 1.30. The Balaban J connectivity index is 1.86. The fraction of sp³-hybridized carbons (Fsp3) is 0.409. The Hall–Kier alpha value is -2.33. The highest BCUT2D eigenvalue weighted by molar-refractivity contribution is 5.80. The van der Waals surface area contributed by atoms with Crippen molar-refractivity contribution in [1.82, 2.24) is 5.32 Å². The van der Waals surface area contributed by atoms with Crippen LogP contribution in [0.15, 0.2) is 48.5 Å². The van der Waals surface area contributed by atoms with Crippen LogP contribution in [-0.4, -0.2) is 31.3 Å². The van der Waals surface area contributed by atoms with Crippen LogP contribution in [-0.2, 0) is 10.2 Å². The molecule has 2 aromatic carbocycles. The summed E-state index contributed by atoms with van der Waals surface area (Å²) in [5.74, 6) is 0.303. The minimum Gasteiger partial charge on any atom is -0.497 e. The third-order valence-electron chi connectivity index (χ3n) is 7.24. The number of carboxylic acid groups (broad SMARTS) is 1. The Morgan fingerprint density at radius 1 is 1.23 bits per heavy atom. The second-order valence-corrected chi connectivity index (χ2v) is 7.91. The number of carbonyl (C=O) groups is 1. The van der Waals surface area contributed by atoms with E-state index in [1.54, 1.807) is 7.11 Å². The first-order valence-corrected chi connectivity index (χ1v) is 9.32. The van der Waals surface area contributed by atoms with E-state index < -0.39 is 11.4 Å². The van der Waals surface area contributed by atoms with Gasteiger partial charge in [0.05, 0.1) is 12.5 Å². The quantitative estimate of drug-likeness (QED) is 0.894. The monoisotopic (exact) mass is 349 g/mol. The number of hydrogen-bond donors (Lipinski definition) is 2. The fourth-order valence-electron chi connectivity index (χ4n) is 6.23. The molecular weight excluding hydrogens is 326 g/mol. The zero-order valence-corrected chi connectivity index (χ0v) is 14.9. The van der Waals surface area contributed by atoms with Crippen LogP contribution in [0.25, 0.3) is 0 Å². The van der Waals surface area contributed by atoms with Crippen molar-refractivity contribution in [2.45, 2.75) is 24.2 Å². The second-order valence-electron chi connectivity index (χ2n) is 7.91. The molecule has 2 fully saturated rings. The van der Waals surface area contributed by atoms with Crippen molar-refractivity contribution < 1.29 is 14.6 Å². The third kappa shape index (κ3) is 1.71. The van der Waals surface area contributed by atoms with Crippen LogP contribution < -0.4 is 10.1 Å². The van der Waals surface area contributed by atoms with Gasteiger partial charge in [0.15, 0.2) is 0 Å². The molecule has 134 valence electrons. The molecule has 2 bridgehead atoms. The molecule has 4 atom stereocenters. The van der Waals surface area contributed by atoms with Gasteiger partial charge in [-0.15, -0.1) is 0 Å². The summed E-state index contributed by atoms with van der Waals surface area (Å²) < 4.78 is 5.52. The van der Waals surface area contributed by atoms with Gasteiger partial charge in [-0.25, -0.2) is 0 Å². The lowest BCUT2D eigenvalue weighted by atomic mass is 9.42. The van der Waals surface area contributed by atoms with Crippen LogP contribution >= 0.6 is 0 Å². The molecule has 3 aliphatic carbocycles. The van der Waals surface area contributed by atoms with Gasteiger partial charge in [0.1, 0.15) is 5.75 Å². The van der Waals surface area contributed by atoms with Crippen LogP contribution in [0.2, 0.25) is 0 Å². The minimum atomic E-state index is -0.727. The van der Waals surface area contributed by atoms with E-state index in [1.165, 1.54) is 16.7 Å². The van der Waals surface area contributed by atoms with Crippen LogP contribution in [0.4, 0.5) is 0 Å². The minimum absolute atomic E-state index is 0.0493. The average molecular weight is 349 g/mol. The number of methoxy groups -OCH3 is 1. The first-order valence-electron chi connectivity index (χ1n) is 9.32. The highest BCUT2D eigenvalue weighted by atomic mass is 16.5. The molecule has 0 amide bonds. The zero-order chi connectivity index (χ0) is 17.9. The summed E-state index contributed by atoms with van der Waals surface area (Å²) in [5, 5.41) is 13.8. The van der Waals surface area contributed by atoms with E-state index in [1.807, 2.05) is 12.1 Å². The van der Waals surface area contributed by atoms with Crippen molar-refractivity contribution in [3.63, 3.8) is 0 Å². The van der Waals surface area contributed by atoms with Gasteiger partial charge in [-0.1, -0.05) is 36.4 Å². The molecule has 0 spiro atoms. The van der Waals surface area contributed by atoms with Gasteiger partial charge in [-0.2, -0.15) is 0 Å². The number of nitrogens with one attached hydrogen (secondary N) is 1. The Morgan fingerprint density at radius 2 is 2.04 bits per heavy atom. The van der Waals surface area contributed by atoms with E-state index in [-0.39, 0.29) is 17.3 Å². The average Bonchev–Trinajstić information content (AvgIpc) is 3.16. The van der Waals surface area contributed by atoms with Crippen molar-refractivity contribution in [3.05, 3.63) is 65.2 Å². The van der Waals surface area contributed by atoms with Gasteiger partial charge in [-0.3, -0.25) is 4.79 Å². The molecule has 2 aromatic rings. The van der Waals surface area contributed by atoms with E-state index in [0.29, 0.717) is 6.54 Å². The fourth-order valence-corrected chi connectivity index (χ4v) is 6.23. The lowest BCUT2D eigenvalue weighted by Gasteiger charge is -2.59. The van der Waals surface area contributed by atoms with Gasteiger partial charge >= 0.3 is 5.97 Å². The Kier molecular flexibility index (Phi) is 3.26. The summed E-state index contributed by atoms with van der Waals surface area (Å²) in [4.78, 5) is 12.6. The Bertz CT molecular complexity index is 880. The molecule has 1 aliphatic heterocycles. The molecule has 6 rings (SSSR count). The molecule has 4 nitrogen and oxygen atoms in total. The number of benzene rings is 2. The van der Waals surface area contributed by atoms with Crippen LogP contribution in [0.1, 0.15) is 35.4 Å². The van der Waals surface area contributed by atoms with Crippen molar-refractivity contribution in [2.75, 3.05) is 20.2 Å². The van der Waals surface area contributed by atoms with E-state index in [0.717, 1.165) is 25.1 Å². The van der Waals surface area contributed by atoms with Crippen molar-refractivity contribution in [2.24, 2.45) is 11.3 Å². The number of hydrogen-bond acceptors (Lipinski definition) is 3. The smallest absolute Gasteiger partial charge is 0.311 e. The topological polar surface area (TPSA) is 58.6 Å². The van der Waals surface area contributed by atoms with E-state index >= 15 is 0 Å². The lowest BCUT2D eigenvalue weighted by Crippen LogP contribution is -2.60. The van der Waals surface area contributed by atoms with Crippen molar-refractivity contribution in [1.29, 1.82) is 0 Å². The molecule has 26 heavy (non-hydrogen) atoms. The van der Waals surface area contributed by atoms with E-state index in [9.17, 15) is 9.90 Å². The van der Waals surface area contributed by atoms with Crippen LogP contribution in [0.5, 0.6) is 5.75 Å². The number of ether oxygens (including phenoxy) is 1. The molecule has 1 saturated carbocycles. The predicted octanol–water partition coefficient (Wildman–Crippen LogP) is 3.16. The molecule has 0 aromatic heterocycles. The summed E-state index contributed by atoms with van der Waals surface area (Å²) in [6, 6.07) is 16.7. The molecule has 2 N–H and O–H groups in total. The maximum absolute atomic E-state index is 12.6. The molecule has 0 radical (unpaired) electrons. The normalized spacial score (nSPS) is 34.2. The SMILES string of the molecule is COc1ccc2c(c1)C1(c3ccccc3)CCC2C2(C(=O)O)CNCC12. The second kappa shape index (κ2) is 5.34. The Labute approximate surface area is 153 Å². The molecule has 4 heteroatoms. The first kappa shape index (κ1) is 15.9. The largest absolute Gasteiger partial charge is 0.497 e. The maximum Gasteiger partial charge on any atom is 0.311 e. The van der Waals surface area contributed by atoms with Crippen LogP contribution in [0, 0.1) is 11.3 Å². The maximum atomic E-state index is 12.6. The first-order chi connectivity index (χ1) is 12.6. The molecule has 4 aliphatic rings. The van der Waals surface area contributed by atoms with Crippen molar-refractivity contribution in [3.8, 4) is 5.75 Å². The highest BCUT2D eigenvalue weighted by Crippen LogP contribution is 2.68. The Morgan fingerprint density at radius 3 is 2.77 bits per heavy atom. The summed E-state index contributed by atoms with van der Waals surface area (Å²) in [5.41, 5.74) is 2.69. The van der Waals surface area contributed by atoms with Gasteiger partial charge in [0.25, 0.3) is 0 Å². The predicted molar refractivity (Wildman–Crippen MR) is 98.6 cm³/mol. The number of carboxylic acids is 1. The number of fused-ring (bicyclic) bond motifs is 1. The van der Waals surface area contributed by atoms with Gasteiger partial charge in [0, 0.05) is 30.3 Å². The molecule has 1 heterocycles. The zero-order valence-electron chi connectivity index (χ0n) is 14.9. The third-order valence-corrected chi connectivity index (χ3v) is 7.24. The molecule has 4 unspecified atom stereocenters. The summed E-state index contributed by atoms with van der Waals surface area (Å²) in [6.07, 6.45) is 1.90. The summed E-state index contributed by atoms with van der Waals surface area (Å²) in [7, 11) is 1.69. The molecule has 1 saturated heterocycles. The standard InChI is InChI=1S/C22H23NO3/c1-26-15-7-8-16-17-9-10-21(18(16)11-15,14-5-3-2-4-6-14)19-12-23-13-22(17,19)20(24)25/h2-8,11,17,19,23H,9-10,12-13H2,1H3,(H,24,25). The highest BCUT2D eigenvalue weighted by Gasteiger charge is 2.69.